The molecule has 3 aromatic rings. The minimum absolute atomic E-state index is 0.0398. The van der Waals surface area contributed by atoms with Gasteiger partial charge in [-0.05, 0) is 25.0 Å². The number of nitrogens with one attached hydrogen (secondary N) is 2. The number of amides is 2. The first-order chi connectivity index (χ1) is 18.2. The number of hydrogen-bond acceptors (Lipinski definition) is 8. The van der Waals surface area contributed by atoms with E-state index in [1.807, 2.05) is 0 Å². The van der Waals surface area contributed by atoms with Gasteiger partial charge in [-0.1, -0.05) is 17.3 Å². The lowest BCUT2D eigenvalue weighted by Crippen LogP contribution is -2.53. The van der Waals surface area contributed by atoms with Crippen molar-refractivity contribution in [2.45, 2.75) is 44.3 Å². The Hall–Kier alpha value is -3.88. The third-order valence-electron chi connectivity index (χ3n) is 6.54. The second-order valence-electron chi connectivity index (χ2n) is 9.75. The molecule has 0 saturated carbocycles. The largest absolute Gasteiger partial charge is 0.493 e. The number of sulfone groups is 1. The molecular formula is C24H24F3N5O6S. The van der Waals surface area contributed by atoms with Crippen LogP contribution in [0.5, 0.6) is 5.75 Å². The lowest BCUT2D eigenvalue weighted by Gasteiger charge is -2.41. The van der Waals surface area contributed by atoms with Crippen LogP contribution in [0.3, 0.4) is 0 Å². The number of anilines is 1. The molecule has 11 nitrogen and oxygen atoms in total. The highest BCUT2D eigenvalue weighted by Crippen LogP contribution is 2.44. The van der Waals surface area contributed by atoms with Crippen molar-refractivity contribution in [3.05, 3.63) is 52.4 Å². The third-order valence-corrected chi connectivity index (χ3v) is 7.32. The van der Waals surface area contributed by atoms with Crippen LogP contribution in [-0.4, -0.2) is 60.0 Å². The van der Waals surface area contributed by atoms with Gasteiger partial charge in [0.15, 0.2) is 21.5 Å². The molecule has 1 atom stereocenters. The van der Waals surface area contributed by atoms with E-state index in [1.165, 1.54) is 10.7 Å². The van der Waals surface area contributed by atoms with E-state index in [-0.39, 0.29) is 36.6 Å². The second kappa shape index (κ2) is 9.39. The van der Waals surface area contributed by atoms with Crippen molar-refractivity contribution < 1.29 is 40.4 Å². The Labute approximate surface area is 220 Å². The van der Waals surface area contributed by atoms with Crippen LogP contribution >= 0.6 is 0 Å². The summed E-state index contributed by atoms with van der Waals surface area (Å²) in [5.74, 6) is -1.33. The van der Waals surface area contributed by atoms with Gasteiger partial charge in [-0.3, -0.25) is 9.59 Å². The van der Waals surface area contributed by atoms with Gasteiger partial charge < -0.3 is 19.9 Å². The Kier molecular flexibility index (Phi) is 6.44. The molecule has 2 aliphatic heterocycles. The average Bonchev–Trinajstić information content (AvgIpc) is 3.39. The zero-order valence-corrected chi connectivity index (χ0v) is 21.7. The van der Waals surface area contributed by atoms with Gasteiger partial charge in [-0.2, -0.15) is 23.0 Å². The van der Waals surface area contributed by atoms with Crippen LogP contribution in [0.4, 0.5) is 19.0 Å². The highest BCUT2D eigenvalue weighted by molar-refractivity contribution is 7.91. The Morgan fingerprint density at radius 3 is 2.72 bits per heavy atom. The molecule has 0 radical (unpaired) electrons. The number of benzene rings is 1. The van der Waals surface area contributed by atoms with Crippen LogP contribution in [0.25, 0.3) is 5.82 Å². The van der Waals surface area contributed by atoms with E-state index in [0.717, 1.165) is 6.26 Å². The zero-order valence-electron chi connectivity index (χ0n) is 20.9. The number of carbonyl (C=O) groups is 2. The number of fused-ring (bicyclic) bond motifs is 3. The number of aryl methyl sites for hydroxylation is 2. The van der Waals surface area contributed by atoms with Crippen LogP contribution in [0.15, 0.2) is 28.8 Å². The van der Waals surface area contributed by atoms with Gasteiger partial charge in [0.1, 0.15) is 22.8 Å². The Morgan fingerprint density at radius 2 is 2.05 bits per heavy atom. The smallest absolute Gasteiger partial charge is 0.389 e. The molecule has 15 heteroatoms. The van der Waals surface area contributed by atoms with Crippen molar-refractivity contribution in [3.63, 3.8) is 0 Å². The fraction of sp³-hybridized carbons (Fsp3) is 0.417. The molecule has 0 fully saturated rings. The fourth-order valence-electron chi connectivity index (χ4n) is 4.88. The van der Waals surface area contributed by atoms with Crippen LogP contribution in [-0.2, 0) is 33.0 Å². The number of ether oxygens (including phenoxy) is 1. The van der Waals surface area contributed by atoms with Crippen LogP contribution in [0.2, 0.25) is 0 Å². The van der Waals surface area contributed by atoms with Crippen molar-refractivity contribution in [3.8, 4) is 11.6 Å². The molecule has 0 unspecified atom stereocenters. The number of alkyl halides is 3. The van der Waals surface area contributed by atoms with Gasteiger partial charge in [0, 0.05) is 37.1 Å². The first-order valence-corrected chi connectivity index (χ1v) is 14.0. The van der Waals surface area contributed by atoms with E-state index in [1.54, 1.807) is 25.1 Å². The Balaban J connectivity index is 1.53. The Bertz CT molecular complexity index is 1580. The van der Waals surface area contributed by atoms with Gasteiger partial charge in [-0.15, -0.1) is 0 Å². The molecule has 4 heterocycles. The van der Waals surface area contributed by atoms with E-state index in [2.05, 4.69) is 20.9 Å². The van der Waals surface area contributed by atoms with Gasteiger partial charge in [-0.25, -0.2) is 8.42 Å². The van der Waals surface area contributed by atoms with Crippen LogP contribution < -0.4 is 15.4 Å². The standard InChI is InChI=1S/C24H24F3N5O6S/c1-13-9-18(31-38-13)32-21(28-19(33)12-39(2,35)36)20-16(30-32)11-23(29-22(20)34)7-8-37-17-10-14(3-4-15(17)23)5-6-24(25,26)27/h3-4,9-10H,5-8,11-12H2,1-2H3,(H,28,33)(H,29,34)/t23-/m0/s1. The van der Waals surface area contributed by atoms with Crippen molar-refractivity contribution in [2.75, 3.05) is 23.9 Å². The maximum Gasteiger partial charge on any atom is 0.389 e. The highest BCUT2D eigenvalue weighted by Gasteiger charge is 2.46. The monoisotopic (exact) mass is 567 g/mol. The van der Waals surface area contributed by atoms with E-state index in [9.17, 15) is 31.2 Å². The molecule has 2 aromatic heterocycles. The van der Waals surface area contributed by atoms with Crippen molar-refractivity contribution >= 4 is 27.5 Å². The summed E-state index contributed by atoms with van der Waals surface area (Å²) >= 11 is 0. The number of rotatable bonds is 6. The van der Waals surface area contributed by atoms with Crippen LogP contribution in [0.1, 0.15) is 45.8 Å². The maximum absolute atomic E-state index is 13.5. The number of carbonyl (C=O) groups excluding carboxylic acids is 2. The number of nitrogens with zero attached hydrogens (tertiary/aromatic N) is 3. The predicted octanol–water partition coefficient (Wildman–Crippen LogP) is 2.61. The van der Waals surface area contributed by atoms with Gasteiger partial charge in [0.2, 0.25) is 5.91 Å². The average molecular weight is 568 g/mol. The van der Waals surface area contributed by atoms with Gasteiger partial charge in [0.25, 0.3) is 5.91 Å². The lowest BCUT2D eigenvalue weighted by atomic mass is 9.77. The summed E-state index contributed by atoms with van der Waals surface area (Å²) in [6.45, 7) is 1.85. The predicted molar refractivity (Wildman–Crippen MR) is 130 cm³/mol. The maximum atomic E-state index is 13.5. The molecule has 2 amide bonds. The first-order valence-electron chi connectivity index (χ1n) is 11.9. The Morgan fingerprint density at radius 1 is 1.28 bits per heavy atom. The van der Waals surface area contributed by atoms with Gasteiger partial charge in [0.05, 0.1) is 17.8 Å². The first kappa shape index (κ1) is 26.7. The van der Waals surface area contributed by atoms with E-state index in [0.29, 0.717) is 34.8 Å². The molecule has 0 aliphatic carbocycles. The molecular weight excluding hydrogens is 543 g/mol. The van der Waals surface area contributed by atoms with Crippen molar-refractivity contribution in [2.24, 2.45) is 0 Å². The minimum Gasteiger partial charge on any atom is -0.493 e. The number of aromatic nitrogens is 3. The quantitative estimate of drug-likeness (QED) is 0.463. The molecule has 5 rings (SSSR count). The summed E-state index contributed by atoms with van der Waals surface area (Å²) < 4.78 is 73.5. The molecule has 2 N–H and O–H groups in total. The summed E-state index contributed by atoms with van der Waals surface area (Å²) in [6, 6.07) is 6.32. The third kappa shape index (κ3) is 5.48. The molecule has 1 spiro atoms. The summed E-state index contributed by atoms with van der Waals surface area (Å²) in [6.07, 6.45) is -4.02. The van der Waals surface area contributed by atoms with Crippen molar-refractivity contribution in [1.82, 2.24) is 20.3 Å². The molecule has 2 aliphatic rings. The topological polar surface area (TPSA) is 145 Å². The molecule has 39 heavy (non-hydrogen) atoms. The van der Waals surface area contributed by atoms with E-state index in [4.69, 9.17) is 9.26 Å². The normalized spacial score (nSPS) is 18.7. The van der Waals surface area contributed by atoms with Crippen molar-refractivity contribution in [1.29, 1.82) is 0 Å². The summed E-state index contributed by atoms with van der Waals surface area (Å²) in [7, 11) is -3.66. The zero-order chi connectivity index (χ0) is 28.2. The minimum atomic E-state index is -4.29. The van der Waals surface area contributed by atoms with Crippen LogP contribution in [0, 0.1) is 6.92 Å². The summed E-state index contributed by atoms with van der Waals surface area (Å²) in [4.78, 5) is 26.1. The summed E-state index contributed by atoms with van der Waals surface area (Å²) in [5, 5.41) is 13.9. The second-order valence-corrected chi connectivity index (χ2v) is 11.9. The molecule has 208 valence electrons. The molecule has 0 saturated heterocycles. The van der Waals surface area contributed by atoms with E-state index < -0.39 is 45.5 Å². The van der Waals surface area contributed by atoms with E-state index >= 15 is 0 Å². The fourth-order valence-corrected chi connectivity index (χ4v) is 5.43. The molecule has 1 aromatic carbocycles. The number of hydrogen-bond donors (Lipinski definition) is 2. The highest BCUT2D eigenvalue weighted by atomic mass is 32.2. The summed E-state index contributed by atoms with van der Waals surface area (Å²) in [5.41, 5.74) is 0.430. The van der Waals surface area contributed by atoms with Gasteiger partial charge >= 0.3 is 6.18 Å². The number of halogens is 3. The molecule has 0 bridgehead atoms. The lowest BCUT2D eigenvalue weighted by molar-refractivity contribution is -0.134. The SMILES string of the molecule is Cc1cc(-n2nc3c(c2NC(=O)CS(C)(=O)=O)C(=O)N[C@@]2(CCOc4cc(CCC(F)(F)F)ccc42)C3)no1.